The molecule has 0 saturated carbocycles. The molecule has 0 aromatic carbocycles. The van der Waals surface area contributed by atoms with E-state index in [0.717, 1.165) is 31.0 Å². The van der Waals surface area contributed by atoms with E-state index in [1.165, 1.54) is 19.3 Å². The van der Waals surface area contributed by atoms with E-state index in [4.69, 9.17) is 4.74 Å². The monoisotopic (exact) mass is 304 g/mol. The molecule has 0 bridgehead atoms. The summed E-state index contributed by atoms with van der Waals surface area (Å²) in [6.45, 7) is 2.62. The van der Waals surface area contributed by atoms with Crippen molar-refractivity contribution in [2.75, 3.05) is 11.9 Å². The fourth-order valence-electron chi connectivity index (χ4n) is 1.49. The third-order valence-electron chi connectivity index (χ3n) is 2.46. The molecule has 0 rings (SSSR count). The summed E-state index contributed by atoms with van der Waals surface area (Å²) in [4.78, 5) is 11.3. The van der Waals surface area contributed by atoms with Crippen LogP contribution in [0.2, 0.25) is 0 Å². The molecule has 0 unspecified atom stereocenters. The quantitative estimate of drug-likeness (QED) is 0.241. The van der Waals surface area contributed by atoms with E-state index in [1.807, 2.05) is 0 Å². The maximum Gasteiger partial charge on any atom is 0.305 e. The predicted molar refractivity (Wildman–Crippen MR) is 76.5 cm³/mol. The van der Waals surface area contributed by atoms with Crippen molar-refractivity contribution < 1.29 is 9.53 Å². The Morgan fingerprint density at radius 2 is 1.82 bits per heavy atom. The molecule has 0 radical (unpaired) electrons. The van der Waals surface area contributed by atoms with Gasteiger partial charge < -0.3 is 4.74 Å². The average Bonchev–Trinajstić information content (AvgIpc) is 2.33. The van der Waals surface area contributed by atoms with Gasteiger partial charge >= 0.3 is 5.97 Å². The molecule has 0 aromatic heterocycles. The van der Waals surface area contributed by atoms with Crippen LogP contribution in [0.25, 0.3) is 0 Å². The summed E-state index contributed by atoms with van der Waals surface area (Å²) in [5.74, 6) is -0.0459. The number of alkyl halides is 1. The lowest BCUT2D eigenvalue weighted by Gasteiger charge is -2.03. The SMILES string of the molecule is CCC=CCCOC(=O)CCCCCCCBr. The van der Waals surface area contributed by atoms with Crippen molar-refractivity contribution in [1.29, 1.82) is 0 Å². The van der Waals surface area contributed by atoms with Crippen LogP contribution in [0.15, 0.2) is 12.2 Å². The molecule has 0 aromatic rings. The van der Waals surface area contributed by atoms with Crippen LogP contribution in [-0.4, -0.2) is 17.9 Å². The van der Waals surface area contributed by atoms with Crippen molar-refractivity contribution in [2.45, 2.75) is 58.3 Å². The molecular weight excluding hydrogens is 280 g/mol. The molecule has 0 heterocycles. The second-order valence-electron chi connectivity index (χ2n) is 4.10. The zero-order valence-corrected chi connectivity index (χ0v) is 12.5. The van der Waals surface area contributed by atoms with Gasteiger partial charge in [0.1, 0.15) is 0 Å². The van der Waals surface area contributed by atoms with E-state index >= 15 is 0 Å². The number of halogens is 1. The second kappa shape index (κ2) is 13.8. The fourth-order valence-corrected chi connectivity index (χ4v) is 1.89. The molecule has 0 saturated heterocycles. The molecule has 2 nitrogen and oxygen atoms in total. The Morgan fingerprint density at radius 3 is 2.53 bits per heavy atom. The number of esters is 1. The van der Waals surface area contributed by atoms with Crippen LogP contribution >= 0.6 is 15.9 Å². The molecule has 0 fully saturated rings. The van der Waals surface area contributed by atoms with Gasteiger partial charge in [-0.25, -0.2) is 0 Å². The van der Waals surface area contributed by atoms with Crippen LogP contribution in [0.5, 0.6) is 0 Å². The molecule has 0 aliphatic rings. The molecule has 0 N–H and O–H groups in total. The standard InChI is InChI=1S/C14H25BrO2/c1-2-3-4-10-13-17-14(16)11-8-6-5-7-9-12-15/h3-4H,2,5-13H2,1H3. The van der Waals surface area contributed by atoms with E-state index in [2.05, 4.69) is 35.0 Å². The number of rotatable bonds is 11. The number of carbonyl (C=O) groups is 1. The van der Waals surface area contributed by atoms with Crippen molar-refractivity contribution in [1.82, 2.24) is 0 Å². The molecule has 0 aliphatic carbocycles. The maximum absolute atomic E-state index is 11.3. The Kier molecular flexibility index (Phi) is 13.5. The van der Waals surface area contributed by atoms with Crippen LogP contribution in [-0.2, 0) is 9.53 Å². The number of hydrogen-bond donors (Lipinski definition) is 0. The highest BCUT2D eigenvalue weighted by Crippen LogP contribution is 2.07. The fraction of sp³-hybridized carbons (Fsp3) is 0.786. The lowest BCUT2D eigenvalue weighted by molar-refractivity contribution is -0.143. The molecule has 0 amide bonds. The Labute approximate surface area is 114 Å². The van der Waals surface area contributed by atoms with Crippen LogP contribution in [0.1, 0.15) is 58.3 Å². The minimum Gasteiger partial charge on any atom is -0.465 e. The van der Waals surface area contributed by atoms with Gasteiger partial charge in [-0.3, -0.25) is 4.79 Å². The minimum absolute atomic E-state index is 0.0459. The van der Waals surface area contributed by atoms with Gasteiger partial charge in [0.2, 0.25) is 0 Å². The first-order valence-electron chi connectivity index (χ1n) is 6.67. The number of ether oxygens (including phenoxy) is 1. The lowest BCUT2D eigenvalue weighted by atomic mass is 10.1. The van der Waals surface area contributed by atoms with Gasteiger partial charge in [-0.2, -0.15) is 0 Å². The summed E-state index contributed by atoms with van der Waals surface area (Å²) in [5.41, 5.74) is 0. The number of hydrogen-bond acceptors (Lipinski definition) is 2. The predicted octanol–water partition coefficient (Wildman–Crippen LogP) is 4.62. The lowest BCUT2D eigenvalue weighted by Crippen LogP contribution is -2.04. The first-order chi connectivity index (χ1) is 8.31. The third kappa shape index (κ3) is 13.6. The van der Waals surface area contributed by atoms with Crippen molar-refractivity contribution in [3.63, 3.8) is 0 Å². The summed E-state index contributed by atoms with van der Waals surface area (Å²) in [6, 6.07) is 0. The molecule has 100 valence electrons. The molecular formula is C14H25BrO2. The first kappa shape index (κ1) is 16.7. The third-order valence-corrected chi connectivity index (χ3v) is 3.03. The summed E-state index contributed by atoms with van der Waals surface area (Å²) in [6.07, 6.45) is 12.4. The van der Waals surface area contributed by atoms with Gasteiger partial charge in [-0.15, -0.1) is 0 Å². The van der Waals surface area contributed by atoms with E-state index in [0.29, 0.717) is 13.0 Å². The Balaban J connectivity index is 3.20. The molecule has 3 heteroatoms. The Bertz CT molecular complexity index is 202. The Morgan fingerprint density at radius 1 is 1.12 bits per heavy atom. The van der Waals surface area contributed by atoms with Crippen LogP contribution < -0.4 is 0 Å². The van der Waals surface area contributed by atoms with Gasteiger partial charge in [0, 0.05) is 11.8 Å². The van der Waals surface area contributed by atoms with Crippen molar-refractivity contribution in [3.05, 3.63) is 12.2 Å². The first-order valence-corrected chi connectivity index (χ1v) is 7.80. The smallest absolute Gasteiger partial charge is 0.305 e. The van der Waals surface area contributed by atoms with Crippen molar-refractivity contribution >= 4 is 21.9 Å². The van der Waals surface area contributed by atoms with Crippen molar-refractivity contribution in [3.8, 4) is 0 Å². The largest absolute Gasteiger partial charge is 0.465 e. The zero-order chi connectivity index (χ0) is 12.8. The van der Waals surface area contributed by atoms with E-state index < -0.39 is 0 Å². The normalized spacial score (nSPS) is 10.9. The van der Waals surface area contributed by atoms with Crippen LogP contribution in [0.3, 0.4) is 0 Å². The van der Waals surface area contributed by atoms with Gasteiger partial charge in [-0.1, -0.05) is 54.3 Å². The van der Waals surface area contributed by atoms with Gasteiger partial charge in [-0.05, 0) is 25.7 Å². The Hall–Kier alpha value is -0.310. The number of allylic oxidation sites excluding steroid dienone is 1. The van der Waals surface area contributed by atoms with Crippen LogP contribution in [0.4, 0.5) is 0 Å². The molecule has 17 heavy (non-hydrogen) atoms. The summed E-state index contributed by atoms with van der Waals surface area (Å²) in [7, 11) is 0. The zero-order valence-electron chi connectivity index (χ0n) is 10.9. The summed E-state index contributed by atoms with van der Waals surface area (Å²) < 4.78 is 5.12. The summed E-state index contributed by atoms with van der Waals surface area (Å²) in [5, 5.41) is 1.08. The molecule has 0 atom stereocenters. The van der Waals surface area contributed by atoms with Crippen LogP contribution in [0, 0.1) is 0 Å². The molecule has 0 aliphatic heterocycles. The number of carbonyl (C=O) groups excluding carboxylic acids is 1. The topological polar surface area (TPSA) is 26.3 Å². The minimum atomic E-state index is -0.0459. The van der Waals surface area contributed by atoms with Crippen molar-refractivity contribution in [2.24, 2.45) is 0 Å². The highest BCUT2D eigenvalue weighted by atomic mass is 79.9. The number of unbranched alkanes of at least 4 members (excludes halogenated alkanes) is 4. The van der Waals surface area contributed by atoms with E-state index in [1.54, 1.807) is 0 Å². The summed E-state index contributed by atoms with van der Waals surface area (Å²) >= 11 is 3.41. The van der Waals surface area contributed by atoms with Gasteiger partial charge in [0.15, 0.2) is 0 Å². The highest BCUT2D eigenvalue weighted by molar-refractivity contribution is 9.09. The molecule has 0 spiro atoms. The average molecular weight is 305 g/mol. The maximum atomic E-state index is 11.3. The van der Waals surface area contributed by atoms with Gasteiger partial charge in [0.25, 0.3) is 0 Å². The van der Waals surface area contributed by atoms with E-state index in [-0.39, 0.29) is 5.97 Å². The second-order valence-corrected chi connectivity index (χ2v) is 4.89. The highest BCUT2D eigenvalue weighted by Gasteiger charge is 2.01. The van der Waals surface area contributed by atoms with Gasteiger partial charge in [0.05, 0.1) is 6.61 Å². The van der Waals surface area contributed by atoms with E-state index in [9.17, 15) is 4.79 Å².